The molecule has 134 valence electrons. The van der Waals surface area contributed by atoms with Crippen LogP contribution in [0.15, 0.2) is 18.2 Å². The largest absolute Gasteiger partial charge is 0.493 e. The maximum Gasteiger partial charge on any atom is 0.240 e. The number of hydrogen-bond donors (Lipinski definition) is 2. The highest BCUT2D eigenvalue weighted by atomic mass is 16.5. The Morgan fingerprint density at radius 1 is 1.29 bits per heavy atom. The van der Waals surface area contributed by atoms with Crippen molar-refractivity contribution < 1.29 is 14.3 Å². The van der Waals surface area contributed by atoms with Gasteiger partial charge in [-0.1, -0.05) is 18.9 Å². The van der Waals surface area contributed by atoms with Crippen LogP contribution in [0, 0.1) is 0 Å². The number of carbonyl (C=O) groups is 1. The van der Waals surface area contributed by atoms with Crippen LogP contribution in [-0.2, 0) is 11.3 Å². The third kappa shape index (κ3) is 4.85. The molecule has 0 atom stereocenters. The number of nitrogens with two attached hydrogens (primary N) is 1. The van der Waals surface area contributed by atoms with Crippen LogP contribution in [0.3, 0.4) is 0 Å². The highest BCUT2D eigenvalue weighted by Gasteiger charge is 2.36. The zero-order valence-corrected chi connectivity index (χ0v) is 14.9. The quantitative estimate of drug-likeness (QED) is 0.753. The smallest absolute Gasteiger partial charge is 0.240 e. The van der Waals surface area contributed by atoms with Gasteiger partial charge in [0.2, 0.25) is 5.91 Å². The predicted molar refractivity (Wildman–Crippen MR) is 94.3 cm³/mol. The van der Waals surface area contributed by atoms with Crippen LogP contribution >= 0.6 is 0 Å². The van der Waals surface area contributed by atoms with E-state index >= 15 is 0 Å². The lowest BCUT2D eigenvalue weighted by molar-refractivity contribution is -0.126. The van der Waals surface area contributed by atoms with Crippen molar-refractivity contribution in [1.82, 2.24) is 10.2 Å². The second-order valence-corrected chi connectivity index (χ2v) is 6.68. The molecule has 1 saturated carbocycles. The van der Waals surface area contributed by atoms with Gasteiger partial charge in [-0.15, -0.1) is 0 Å². The highest BCUT2D eigenvalue weighted by molar-refractivity contribution is 5.86. The third-order valence-electron chi connectivity index (χ3n) is 4.43. The maximum atomic E-state index is 12.3. The average molecular weight is 335 g/mol. The zero-order chi connectivity index (χ0) is 17.6. The van der Waals surface area contributed by atoms with E-state index in [0.29, 0.717) is 24.7 Å². The molecule has 3 N–H and O–H groups in total. The van der Waals surface area contributed by atoms with E-state index in [4.69, 9.17) is 15.2 Å². The molecule has 1 aliphatic rings. The van der Waals surface area contributed by atoms with E-state index in [-0.39, 0.29) is 5.91 Å². The van der Waals surface area contributed by atoms with Crippen LogP contribution in [0.1, 0.15) is 31.2 Å². The molecule has 0 aliphatic heterocycles. The fraction of sp³-hybridized carbons (Fsp3) is 0.611. The molecule has 6 nitrogen and oxygen atoms in total. The highest BCUT2D eigenvalue weighted by Crippen LogP contribution is 2.29. The van der Waals surface area contributed by atoms with Crippen LogP contribution in [0.25, 0.3) is 0 Å². The number of methoxy groups -OCH3 is 1. The lowest BCUT2D eigenvalue weighted by Gasteiger charge is -2.22. The molecule has 1 amide bonds. The zero-order valence-electron chi connectivity index (χ0n) is 14.9. The molecule has 0 saturated heterocycles. The van der Waals surface area contributed by atoms with Gasteiger partial charge in [0.05, 0.1) is 12.6 Å². The summed E-state index contributed by atoms with van der Waals surface area (Å²) in [5.74, 6) is 1.31. The van der Waals surface area contributed by atoms with E-state index in [1.807, 2.05) is 32.3 Å². The number of hydrogen-bond acceptors (Lipinski definition) is 5. The number of amides is 1. The van der Waals surface area contributed by atoms with Gasteiger partial charge in [-0.25, -0.2) is 0 Å². The fourth-order valence-electron chi connectivity index (χ4n) is 2.87. The molecular formula is C18H29N3O3. The summed E-state index contributed by atoms with van der Waals surface area (Å²) in [7, 11) is 5.62. The first-order valence-corrected chi connectivity index (χ1v) is 8.46. The topological polar surface area (TPSA) is 76.8 Å². The first kappa shape index (κ1) is 18.5. The van der Waals surface area contributed by atoms with Crippen molar-refractivity contribution >= 4 is 5.91 Å². The second kappa shape index (κ2) is 8.35. The maximum absolute atomic E-state index is 12.3. The number of ether oxygens (including phenoxy) is 2. The van der Waals surface area contributed by atoms with Crippen LogP contribution in [0.2, 0.25) is 0 Å². The van der Waals surface area contributed by atoms with Crippen molar-refractivity contribution in [2.75, 3.05) is 34.4 Å². The Labute approximate surface area is 144 Å². The van der Waals surface area contributed by atoms with Crippen molar-refractivity contribution in [2.45, 2.75) is 37.8 Å². The monoisotopic (exact) mass is 335 g/mol. The second-order valence-electron chi connectivity index (χ2n) is 6.68. The number of benzene rings is 1. The Kier molecular flexibility index (Phi) is 6.45. The van der Waals surface area contributed by atoms with Gasteiger partial charge in [-0.3, -0.25) is 4.79 Å². The molecule has 6 heteroatoms. The van der Waals surface area contributed by atoms with Crippen molar-refractivity contribution in [3.63, 3.8) is 0 Å². The third-order valence-corrected chi connectivity index (χ3v) is 4.43. The Morgan fingerprint density at radius 2 is 2.00 bits per heavy atom. The molecule has 0 unspecified atom stereocenters. The van der Waals surface area contributed by atoms with Crippen molar-refractivity contribution in [3.8, 4) is 11.5 Å². The number of nitrogens with one attached hydrogen (secondary N) is 1. The van der Waals surface area contributed by atoms with Crippen LogP contribution in [-0.4, -0.2) is 50.7 Å². The summed E-state index contributed by atoms with van der Waals surface area (Å²) in [6, 6.07) is 5.71. The van der Waals surface area contributed by atoms with Crippen LogP contribution in [0.4, 0.5) is 0 Å². The van der Waals surface area contributed by atoms with E-state index in [2.05, 4.69) is 10.2 Å². The van der Waals surface area contributed by atoms with E-state index < -0.39 is 5.54 Å². The standard InChI is InChI=1S/C18H29N3O3/c1-21(2)10-11-24-15-7-6-14(12-16(15)23-3)13-20-17(22)18(19)8-4-5-9-18/h6-7,12H,4-5,8-11,13,19H2,1-3H3,(H,20,22). The molecule has 1 aliphatic carbocycles. The summed E-state index contributed by atoms with van der Waals surface area (Å²) < 4.78 is 11.1. The molecule has 1 fully saturated rings. The van der Waals surface area contributed by atoms with Gasteiger partial charge < -0.3 is 25.4 Å². The van der Waals surface area contributed by atoms with Gasteiger partial charge in [0.15, 0.2) is 11.5 Å². The van der Waals surface area contributed by atoms with Gasteiger partial charge in [-0.05, 0) is 44.6 Å². The molecule has 1 aromatic carbocycles. The summed E-state index contributed by atoms with van der Waals surface area (Å²) >= 11 is 0. The SMILES string of the molecule is COc1cc(CNC(=O)C2(N)CCCC2)ccc1OCCN(C)C. The van der Waals surface area contributed by atoms with Gasteiger partial charge >= 0.3 is 0 Å². The molecule has 0 heterocycles. The van der Waals surface area contributed by atoms with Crippen LogP contribution in [0.5, 0.6) is 11.5 Å². The summed E-state index contributed by atoms with van der Waals surface area (Å²) in [5, 5.41) is 2.94. The number of nitrogens with zero attached hydrogens (tertiary/aromatic N) is 1. The Bertz CT molecular complexity index is 554. The first-order valence-electron chi connectivity index (χ1n) is 8.46. The molecule has 0 spiro atoms. The lowest BCUT2D eigenvalue weighted by Crippen LogP contribution is -2.51. The Balaban J connectivity index is 1.92. The van der Waals surface area contributed by atoms with Gasteiger partial charge in [0, 0.05) is 13.1 Å². The number of likely N-dealkylation sites (N-methyl/N-ethyl adjacent to an activating group) is 1. The molecule has 24 heavy (non-hydrogen) atoms. The molecule has 2 rings (SSSR count). The van der Waals surface area contributed by atoms with E-state index in [1.54, 1.807) is 7.11 Å². The van der Waals surface area contributed by atoms with Gasteiger partial charge in [-0.2, -0.15) is 0 Å². The first-order chi connectivity index (χ1) is 11.4. The summed E-state index contributed by atoms with van der Waals surface area (Å²) in [6.07, 6.45) is 3.58. The number of carbonyl (C=O) groups excluding carboxylic acids is 1. The molecule has 1 aromatic rings. The Hall–Kier alpha value is -1.79. The minimum atomic E-state index is -0.695. The average Bonchev–Trinajstić information content (AvgIpc) is 3.01. The fourth-order valence-corrected chi connectivity index (χ4v) is 2.87. The number of rotatable bonds is 8. The molecule has 0 radical (unpaired) electrons. The summed E-state index contributed by atoms with van der Waals surface area (Å²) in [4.78, 5) is 14.3. The van der Waals surface area contributed by atoms with Crippen molar-refractivity contribution in [2.24, 2.45) is 5.73 Å². The molecular weight excluding hydrogens is 306 g/mol. The lowest BCUT2D eigenvalue weighted by atomic mass is 9.98. The summed E-state index contributed by atoms with van der Waals surface area (Å²) in [5.41, 5.74) is 6.43. The van der Waals surface area contributed by atoms with Crippen molar-refractivity contribution in [1.29, 1.82) is 0 Å². The van der Waals surface area contributed by atoms with E-state index in [9.17, 15) is 4.79 Å². The molecule has 0 bridgehead atoms. The van der Waals surface area contributed by atoms with E-state index in [0.717, 1.165) is 37.8 Å². The predicted octanol–water partition coefficient (Wildman–Crippen LogP) is 1.52. The molecule has 0 aromatic heterocycles. The van der Waals surface area contributed by atoms with Gasteiger partial charge in [0.1, 0.15) is 6.61 Å². The van der Waals surface area contributed by atoms with Gasteiger partial charge in [0.25, 0.3) is 0 Å². The van der Waals surface area contributed by atoms with Crippen LogP contribution < -0.4 is 20.5 Å². The van der Waals surface area contributed by atoms with E-state index in [1.165, 1.54) is 0 Å². The minimum absolute atomic E-state index is 0.0646. The normalized spacial score (nSPS) is 16.2. The summed E-state index contributed by atoms with van der Waals surface area (Å²) in [6.45, 7) is 1.86. The Morgan fingerprint density at radius 3 is 2.62 bits per heavy atom. The minimum Gasteiger partial charge on any atom is -0.493 e. The van der Waals surface area contributed by atoms with Crippen molar-refractivity contribution in [3.05, 3.63) is 23.8 Å².